The van der Waals surface area contributed by atoms with Gasteiger partial charge in [0.15, 0.2) is 0 Å². The standard InChI is InChI=1S/C20H20N4O2S/c1-12(14-4-3-5-15(21)10-14)23-24-20(25)19-17(22)11-18(27-19)13-6-8-16(26-2)9-7-13/h3-11H,21-22H2,1-2H3,(H,24,25)/b23-12-. The molecule has 0 aliphatic rings. The van der Waals surface area contributed by atoms with Crippen molar-refractivity contribution in [3.8, 4) is 16.2 Å². The number of hydrazone groups is 1. The highest BCUT2D eigenvalue weighted by molar-refractivity contribution is 7.18. The second kappa shape index (κ2) is 7.92. The van der Waals surface area contributed by atoms with Gasteiger partial charge in [0.05, 0.1) is 18.5 Å². The van der Waals surface area contributed by atoms with Crippen LogP contribution in [0.2, 0.25) is 0 Å². The number of nitrogen functional groups attached to an aromatic ring is 2. The third-order valence-electron chi connectivity index (χ3n) is 3.97. The van der Waals surface area contributed by atoms with Crippen LogP contribution < -0.4 is 21.6 Å². The van der Waals surface area contributed by atoms with Crippen molar-refractivity contribution in [2.45, 2.75) is 6.92 Å². The molecule has 0 saturated heterocycles. The highest BCUT2D eigenvalue weighted by atomic mass is 32.1. The largest absolute Gasteiger partial charge is 0.497 e. The van der Waals surface area contributed by atoms with Gasteiger partial charge < -0.3 is 16.2 Å². The minimum Gasteiger partial charge on any atom is -0.497 e. The van der Waals surface area contributed by atoms with E-state index in [2.05, 4.69) is 10.5 Å². The van der Waals surface area contributed by atoms with Crippen LogP contribution in [0, 0.1) is 0 Å². The number of anilines is 2. The van der Waals surface area contributed by atoms with Crippen LogP contribution in [0.5, 0.6) is 5.75 Å². The Labute approximate surface area is 161 Å². The Morgan fingerprint density at radius 3 is 2.52 bits per heavy atom. The van der Waals surface area contributed by atoms with E-state index in [1.807, 2.05) is 36.4 Å². The molecule has 0 unspecified atom stereocenters. The predicted molar refractivity (Wildman–Crippen MR) is 111 cm³/mol. The van der Waals surface area contributed by atoms with E-state index in [4.69, 9.17) is 16.2 Å². The second-order valence-corrected chi connectivity index (χ2v) is 6.94. The average Bonchev–Trinajstić information content (AvgIpc) is 3.07. The summed E-state index contributed by atoms with van der Waals surface area (Å²) in [6.07, 6.45) is 0. The molecular formula is C20H20N4O2S. The molecule has 0 bridgehead atoms. The van der Waals surface area contributed by atoms with Crippen LogP contribution in [0.3, 0.4) is 0 Å². The van der Waals surface area contributed by atoms with Crippen LogP contribution in [0.25, 0.3) is 10.4 Å². The van der Waals surface area contributed by atoms with Gasteiger partial charge in [-0.25, -0.2) is 5.43 Å². The molecule has 3 aromatic rings. The number of nitrogens with two attached hydrogens (primary N) is 2. The molecule has 138 valence electrons. The first-order valence-electron chi connectivity index (χ1n) is 8.22. The van der Waals surface area contributed by atoms with E-state index in [-0.39, 0.29) is 5.91 Å². The third kappa shape index (κ3) is 4.27. The van der Waals surface area contributed by atoms with Crippen molar-refractivity contribution in [1.82, 2.24) is 5.43 Å². The summed E-state index contributed by atoms with van der Waals surface area (Å²) < 4.78 is 5.16. The average molecular weight is 380 g/mol. The number of ether oxygens (including phenoxy) is 1. The lowest BCUT2D eigenvalue weighted by Gasteiger charge is -2.03. The molecule has 0 fully saturated rings. The van der Waals surface area contributed by atoms with Gasteiger partial charge in [-0.05, 0) is 60.5 Å². The minimum atomic E-state index is -0.347. The van der Waals surface area contributed by atoms with Crippen molar-refractivity contribution in [2.24, 2.45) is 5.10 Å². The Morgan fingerprint density at radius 2 is 1.85 bits per heavy atom. The smallest absolute Gasteiger partial charge is 0.283 e. The fraction of sp³-hybridized carbons (Fsp3) is 0.100. The fourth-order valence-corrected chi connectivity index (χ4v) is 3.47. The molecule has 1 aromatic heterocycles. The Morgan fingerprint density at radius 1 is 1.11 bits per heavy atom. The van der Waals surface area contributed by atoms with E-state index < -0.39 is 0 Å². The van der Waals surface area contributed by atoms with Crippen molar-refractivity contribution in [3.63, 3.8) is 0 Å². The van der Waals surface area contributed by atoms with E-state index in [0.29, 0.717) is 22.0 Å². The van der Waals surface area contributed by atoms with Crippen LogP contribution in [-0.4, -0.2) is 18.7 Å². The number of hydrogen-bond donors (Lipinski definition) is 3. The first-order chi connectivity index (χ1) is 13.0. The first-order valence-corrected chi connectivity index (χ1v) is 9.04. The molecule has 0 aliphatic heterocycles. The quantitative estimate of drug-likeness (QED) is 0.356. The van der Waals surface area contributed by atoms with Gasteiger partial charge in [0.25, 0.3) is 5.91 Å². The zero-order valence-corrected chi connectivity index (χ0v) is 15.8. The van der Waals surface area contributed by atoms with Crippen LogP contribution in [0.1, 0.15) is 22.2 Å². The second-order valence-electron chi connectivity index (χ2n) is 5.89. The first kappa shape index (κ1) is 18.5. The number of thiophene rings is 1. The number of rotatable bonds is 5. The lowest BCUT2D eigenvalue weighted by molar-refractivity contribution is 0.0959. The number of carbonyl (C=O) groups is 1. The predicted octanol–water partition coefficient (Wildman–Crippen LogP) is 3.74. The number of carbonyl (C=O) groups excluding carboxylic acids is 1. The lowest BCUT2D eigenvalue weighted by Crippen LogP contribution is -2.19. The number of nitrogens with zero attached hydrogens (tertiary/aromatic N) is 1. The summed E-state index contributed by atoms with van der Waals surface area (Å²) in [5.41, 5.74) is 17.9. The molecule has 0 spiro atoms. The van der Waals surface area contributed by atoms with Gasteiger partial charge in [-0.1, -0.05) is 12.1 Å². The molecule has 1 heterocycles. The Bertz CT molecular complexity index is 993. The molecule has 5 N–H and O–H groups in total. The maximum atomic E-state index is 12.5. The maximum Gasteiger partial charge on any atom is 0.283 e. The Balaban J connectivity index is 1.77. The lowest BCUT2D eigenvalue weighted by atomic mass is 10.1. The highest BCUT2D eigenvalue weighted by Crippen LogP contribution is 2.34. The molecule has 27 heavy (non-hydrogen) atoms. The van der Waals surface area contributed by atoms with Crippen LogP contribution in [-0.2, 0) is 0 Å². The van der Waals surface area contributed by atoms with E-state index in [0.717, 1.165) is 21.8 Å². The molecule has 1 amide bonds. The van der Waals surface area contributed by atoms with E-state index in [9.17, 15) is 4.79 Å². The van der Waals surface area contributed by atoms with Gasteiger partial charge in [0.1, 0.15) is 10.6 Å². The van der Waals surface area contributed by atoms with Crippen LogP contribution in [0.4, 0.5) is 11.4 Å². The number of nitrogens with one attached hydrogen (secondary N) is 1. The van der Waals surface area contributed by atoms with Crippen molar-refractivity contribution in [1.29, 1.82) is 0 Å². The summed E-state index contributed by atoms with van der Waals surface area (Å²) in [4.78, 5) is 13.8. The molecular weight excluding hydrogens is 360 g/mol. The molecule has 3 rings (SSSR count). The Hall–Kier alpha value is -3.32. The number of hydrogen-bond acceptors (Lipinski definition) is 6. The molecule has 0 radical (unpaired) electrons. The monoisotopic (exact) mass is 380 g/mol. The Kier molecular flexibility index (Phi) is 5.42. The summed E-state index contributed by atoms with van der Waals surface area (Å²) in [7, 11) is 1.62. The van der Waals surface area contributed by atoms with Gasteiger partial charge in [-0.15, -0.1) is 11.3 Å². The normalized spacial score (nSPS) is 11.3. The summed E-state index contributed by atoms with van der Waals surface area (Å²) in [5.74, 6) is 0.424. The van der Waals surface area contributed by atoms with Crippen molar-refractivity contribution in [3.05, 3.63) is 65.0 Å². The molecule has 7 heteroatoms. The molecule has 0 aliphatic carbocycles. The molecule has 6 nitrogen and oxygen atoms in total. The van der Waals surface area contributed by atoms with Crippen molar-refractivity contribution >= 4 is 34.3 Å². The van der Waals surface area contributed by atoms with Crippen LogP contribution in [0.15, 0.2) is 59.7 Å². The molecule has 0 atom stereocenters. The van der Waals surface area contributed by atoms with Gasteiger partial charge >= 0.3 is 0 Å². The van der Waals surface area contributed by atoms with E-state index in [1.54, 1.807) is 32.2 Å². The SMILES string of the molecule is COc1ccc(-c2cc(N)c(C(=O)N/N=C(/C)c3cccc(N)c3)s2)cc1. The van der Waals surface area contributed by atoms with Gasteiger partial charge in [-0.2, -0.15) is 5.10 Å². The molecule has 2 aromatic carbocycles. The maximum absolute atomic E-state index is 12.5. The highest BCUT2D eigenvalue weighted by Gasteiger charge is 2.15. The van der Waals surface area contributed by atoms with Gasteiger partial charge in [0.2, 0.25) is 0 Å². The van der Waals surface area contributed by atoms with Gasteiger partial charge in [-0.3, -0.25) is 4.79 Å². The van der Waals surface area contributed by atoms with Crippen molar-refractivity contribution in [2.75, 3.05) is 18.6 Å². The van der Waals surface area contributed by atoms with Crippen LogP contribution >= 0.6 is 11.3 Å². The summed E-state index contributed by atoms with van der Waals surface area (Å²) in [5, 5.41) is 4.15. The van der Waals surface area contributed by atoms with Crippen molar-refractivity contribution < 1.29 is 9.53 Å². The topological polar surface area (TPSA) is 103 Å². The zero-order chi connectivity index (χ0) is 19.4. The third-order valence-corrected chi connectivity index (χ3v) is 5.17. The zero-order valence-electron chi connectivity index (χ0n) is 15.0. The molecule has 0 saturated carbocycles. The van der Waals surface area contributed by atoms with E-state index in [1.165, 1.54) is 11.3 Å². The number of amides is 1. The van der Waals surface area contributed by atoms with E-state index >= 15 is 0 Å². The fourth-order valence-electron chi connectivity index (χ4n) is 2.49. The number of benzene rings is 2. The van der Waals surface area contributed by atoms with Gasteiger partial charge in [0, 0.05) is 10.6 Å². The summed E-state index contributed by atoms with van der Waals surface area (Å²) >= 11 is 1.32. The number of methoxy groups -OCH3 is 1. The minimum absolute atomic E-state index is 0.347. The summed E-state index contributed by atoms with van der Waals surface area (Å²) in [6, 6.07) is 16.7. The summed E-state index contributed by atoms with van der Waals surface area (Å²) in [6.45, 7) is 1.80.